The van der Waals surface area contributed by atoms with E-state index in [1.54, 1.807) is 0 Å². The Morgan fingerprint density at radius 1 is 1.05 bits per heavy atom. The van der Waals surface area contributed by atoms with E-state index in [2.05, 4.69) is 51.1 Å². The van der Waals surface area contributed by atoms with Gasteiger partial charge in [-0.15, -0.1) is 0 Å². The van der Waals surface area contributed by atoms with Crippen LogP contribution in [0.4, 0.5) is 0 Å². The molecule has 2 rings (SSSR count). The molecule has 0 spiro atoms. The standard InChI is InChI=1S/C19H30O/c1-19(2,3)17-12-10-16(11-13-17)18(20-4)14-15-8-6-5-7-9-15/h5-9,16-18H,10-14H2,1-4H3/t16?,17?,18-/m1/s1. The van der Waals surface area contributed by atoms with E-state index in [9.17, 15) is 0 Å². The summed E-state index contributed by atoms with van der Waals surface area (Å²) in [5, 5.41) is 0. The quantitative estimate of drug-likeness (QED) is 0.742. The average Bonchev–Trinajstić information content (AvgIpc) is 2.45. The monoisotopic (exact) mass is 274 g/mol. The van der Waals surface area contributed by atoms with Crippen LogP contribution in [0.25, 0.3) is 0 Å². The molecule has 0 saturated heterocycles. The number of benzene rings is 1. The fourth-order valence-electron chi connectivity index (χ4n) is 3.65. The zero-order chi connectivity index (χ0) is 14.6. The molecule has 1 nitrogen and oxygen atoms in total. The highest BCUT2D eigenvalue weighted by molar-refractivity contribution is 5.15. The van der Waals surface area contributed by atoms with Crippen molar-refractivity contribution in [3.05, 3.63) is 35.9 Å². The molecule has 1 aliphatic carbocycles. The summed E-state index contributed by atoms with van der Waals surface area (Å²) in [6, 6.07) is 10.8. The zero-order valence-electron chi connectivity index (χ0n) is 13.6. The SMILES string of the molecule is CO[C@H](Cc1ccccc1)C1CCC(C(C)(C)C)CC1. The predicted octanol–water partition coefficient (Wildman–Crippen LogP) is 5.10. The summed E-state index contributed by atoms with van der Waals surface area (Å²) in [4.78, 5) is 0. The van der Waals surface area contributed by atoms with Crippen molar-refractivity contribution < 1.29 is 4.74 Å². The van der Waals surface area contributed by atoms with Gasteiger partial charge in [0.25, 0.3) is 0 Å². The zero-order valence-corrected chi connectivity index (χ0v) is 13.6. The Kier molecular flexibility index (Phi) is 5.26. The Labute approximate surface area is 124 Å². The minimum atomic E-state index is 0.387. The number of methoxy groups -OCH3 is 1. The molecule has 0 aromatic heterocycles. The maximum absolute atomic E-state index is 5.81. The topological polar surface area (TPSA) is 9.23 Å². The predicted molar refractivity (Wildman–Crippen MR) is 85.8 cm³/mol. The second-order valence-electron chi connectivity index (χ2n) is 7.44. The van der Waals surface area contributed by atoms with Gasteiger partial charge in [0.1, 0.15) is 0 Å². The van der Waals surface area contributed by atoms with Crippen molar-refractivity contribution in [2.24, 2.45) is 17.3 Å². The number of hydrogen-bond acceptors (Lipinski definition) is 1. The Bertz CT molecular complexity index is 382. The molecule has 1 heteroatoms. The van der Waals surface area contributed by atoms with Crippen LogP contribution in [0.15, 0.2) is 30.3 Å². The molecule has 1 atom stereocenters. The van der Waals surface area contributed by atoms with Crippen LogP contribution < -0.4 is 0 Å². The summed E-state index contributed by atoms with van der Waals surface area (Å²) >= 11 is 0. The van der Waals surface area contributed by atoms with Gasteiger partial charge in [0, 0.05) is 7.11 Å². The van der Waals surface area contributed by atoms with Crippen LogP contribution >= 0.6 is 0 Å². The van der Waals surface area contributed by atoms with Crippen molar-refractivity contribution >= 4 is 0 Å². The summed E-state index contributed by atoms with van der Waals surface area (Å²) in [5.74, 6) is 1.62. The molecule has 0 heterocycles. The molecule has 0 bridgehead atoms. The Morgan fingerprint density at radius 3 is 2.15 bits per heavy atom. The van der Waals surface area contributed by atoms with E-state index in [0.717, 1.165) is 18.3 Å². The third-order valence-electron chi connectivity index (χ3n) is 5.10. The molecule has 0 amide bonds. The largest absolute Gasteiger partial charge is 0.381 e. The minimum Gasteiger partial charge on any atom is -0.381 e. The lowest BCUT2D eigenvalue weighted by Gasteiger charge is -2.39. The van der Waals surface area contributed by atoms with E-state index in [1.165, 1.54) is 31.2 Å². The van der Waals surface area contributed by atoms with E-state index < -0.39 is 0 Å². The highest BCUT2D eigenvalue weighted by Gasteiger charge is 2.32. The highest BCUT2D eigenvalue weighted by Crippen LogP contribution is 2.41. The van der Waals surface area contributed by atoms with Gasteiger partial charge in [0.2, 0.25) is 0 Å². The van der Waals surface area contributed by atoms with Crippen molar-refractivity contribution in [2.45, 2.75) is 59.0 Å². The van der Waals surface area contributed by atoms with Gasteiger partial charge in [0.05, 0.1) is 6.10 Å². The lowest BCUT2D eigenvalue weighted by molar-refractivity contribution is 0.0188. The van der Waals surface area contributed by atoms with E-state index >= 15 is 0 Å². The van der Waals surface area contributed by atoms with Gasteiger partial charge in [-0.1, -0.05) is 51.1 Å². The van der Waals surface area contributed by atoms with Gasteiger partial charge in [-0.05, 0) is 54.9 Å². The van der Waals surface area contributed by atoms with E-state index in [0.29, 0.717) is 11.5 Å². The van der Waals surface area contributed by atoms with Crippen LogP contribution in [0.1, 0.15) is 52.0 Å². The second kappa shape index (κ2) is 6.76. The van der Waals surface area contributed by atoms with Gasteiger partial charge in [-0.3, -0.25) is 0 Å². The van der Waals surface area contributed by atoms with Gasteiger partial charge < -0.3 is 4.74 Å². The second-order valence-corrected chi connectivity index (χ2v) is 7.44. The van der Waals surface area contributed by atoms with Crippen molar-refractivity contribution in [2.75, 3.05) is 7.11 Å². The van der Waals surface area contributed by atoms with Crippen molar-refractivity contribution in [1.82, 2.24) is 0 Å². The molecule has 1 saturated carbocycles. The summed E-state index contributed by atoms with van der Waals surface area (Å²) in [6.07, 6.45) is 6.83. The Balaban J connectivity index is 1.91. The van der Waals surface area contributed by atoms with E-state index in [-0.39, 0.29) is 0 Å². The van der Waals surface area contributed by atoms with Gasteiger partial charge >= 0.3 is 0 Å². The smallest absolute Gasteiger partial charge is 0.0639 e. The molecular weight excluding hydrogens is 244 g/mol. The summed E-state index contributed by atoms with van der Waals surface area (Å²) in [6.45, 7) is 7.15. The first-order valence-electron chi connectivity index (χ1n) is 8.07. The minimum absolute atomic E-state index is 0.387. The summed E-state index contributed by atoms with van der Waals surface area (Å²) < 4.78 is 5.81. The number of hydrogen-bond donors (Lipinski definition) is 0. The third-order valence-corrected chi connectivity index (χ3v) is 5.10. The van der Waals surface area contributed by atoms with Crippen LogP contribution in [0.5, 0.6) is 0 Å². The van der Waals surface area contributed by atoms with Gasteiger partial charge in [-0.25, -0.2) is 0 Å². The van der Waals surface area contributed by atoms with Gasteiger partial charge in [-0.2, -0.15) is 0 Å². The fourth-order valence-corrected chi connectivity index (χ4v) is 3.65. The highest BCUT2D eigenvalue weighted by atomic mass is 16.5. The van der Waals surface area contributed by atoms with Gasteiger partial charge in [0.15, 0.2) is 0 Å². The number of ether oxygens (including phenoxy) is 1. The molecule has 0 N–H and O–H groups in total. The lowest BCUT2D eigenvalue weighted by atomic mass is 9.68. The molecule has 20 heavy (non-hydrogen) atoms. The van der Waals surface area contributed by atoms with Crippen LogP contribution in [0.3, 0.4) is 0 Å². The summed E-state index contributed by atoms with van der Waals surface area (Å²) in [5.41, 5.74) is 1.87. The van der Waals surface area contributed by atoms with Crippen LogP contribution in [0.2, 0.25) is 0 Å². The molecule has 1 aliphatic rings. The van der Waals surface area contributed by atoms with Crippen LogP contribution in [-0.2, 0) is 11.2 Å². The molecule has 1 fully saturated rings. The first kappa shape index (κ1) is 15.6. The molecular formula is C19H30O. The lowest BCUT2D eigenvalue weighted by Crippen LogP contribution is -2.32. The van der Waals surface area contributed by atoms with E-state index in [1.807, 2.05) is 7.11 Å². The van der Waals surface area contributed by atoms with Crippen LogP contribution in [0, 0.1) is 17.3 Å². The molecule has 0 unspecified atom stereocenters. The maximum Gasteiger partial charge on any atom is 0.0639 e. The molecule has 0 radical (unpaired) electrons. The first-order valence-corrected chi connectivity index (χ1v) is 8.07. The maximum atomic E-state index is 5.81. The van der Waals surface area contributed by atoms with E-state index in [4.69, 9.17) is 4.74 Å². The molecule has 1 aromatic rings. The third kappa shape index (κ3) is 4.09. The van der Waals surface area contributed by atoms with Crippen LogP contribution in [-0.4, -0.2) is 13.2 Å². The average molecular weight is 274 g/mol. The molecule has 0 aliphatic heterocycles. The van der Waals surface area contributed by atoms with Crippen molar-refractivity contribution in [3.63, 3.8) is 0 Å². The first-order chi connectivity index (χ1) is 9.50. The normalized spacial score (nSPS) is 25.4. The molecule has 1 aromatic carbocycles. The van der Waals surface area contributed by atoms with Crippen molar-refractivity contribution in [3.8, 4) is 0 Å². The Hall–Kier alpha value is -0.820. The Morgan fingerprint density at radius 2 is 1.65 bits per heavy atom. The number of rotatable bonds is 4. The van der Waals surface area contributed by atoms with Crippen molar-refractivity contribution in [1.29, 1.82) is 0 Å². The molecule has 112 valence electrons. The fraction of sp³-hybridized carbons (Fsp3) is 0.684. The summed E-state index contributed by atoms with van der Waals surface area (Å²) in [7, 11) is 1.88.